The molecule has 43 heavy (non-hydrogen) atoms. The summed E-state index contributed by atoms with van der Waals surface area (Å²) in [7, 11) is 3.09. The first kappa shape index (κ1) is 29.9. The third-order valence-corrected chi connectivity index (χ3v) is 9.07. The van der Waals surface area contributed by atoms with Gasteiger partial charge in [-0.1, -0.05) is 29.2 Å². The van der Waals surface area contributed by atoms with Gasteiger partial charge in [0.05, 0.1) is 44.1 Å². The van der Waals surface area contributed by atoms with Crippen LogP contribution in [0.1, 0.15) is 37.7 Å². The van der Waals surface area contributed by atoms with Gasteiger partial charge in [-0.05, 0) is 50.1 Å². The average Bonchev–Trinajstić information content (AvgIpc) is 3.49. The summed E-state index contributed by atoms with van der Waals surface area (Å²) in [5, 5.41) is 22.2. The summed E-state index contributed by atoms with van der Waals surface area (Å²) in [4.78, 5) is 27.7. The molecule has 0 saturated heterocycles. The van der Waals surface area contributed by atoms with Gasteiger partial charge in [0, 0.05) is 35.0 Å². The molecule has 0 fully saturated rings. The normalized spacial score (nSPS) is 16.5. The van der Waals surface area contributed by atoms with Crippen LogP contribution in [0.3, 0.4) is 0 Å². The number of nitrogens with two attached hydrogens (primary N) is 1. The van der Waals surface area contributed by atoms with E-state index >= 15 is 0 Å². The van der Waals surface area contributed by atoms with Crippen LogP contribution in [0.2, 0.25) is 0 Å². The van der Waals surface area contributed by atoms with Crippen LogP contribution in [-0.2, 0) is 9.59 Å². The van der Waals surface area contributed by atoms with Crippen LogP contribution in [0.4, 0.5) is 10.8 Å². The first-order valence-electron chi connectivity index (χ1n) is 13.6. The molecule has 3 N–H and O–H groups in total. The second kappa shape index (κ2) is 13.2. The molecule has 13 heteroatoms. The van der Waals surface area contributed by atoms with Crippen LogP contribution in [-0.4, -0.2) is 48.5 Å². The lowest BCUT2D eigenvalue weighted by molar-refractivity contribution is -0.116. The maximum atomic E-state index is 13.5. The molecule has 11 nitrogen and oxygen atoms in total. The molecule has 0 saturated carbocycles. The van der Waals surface area contributed by atoms with Crippen molar-refractivity contribution in [1.82, 2.24) is 10.2 Å². The number of amides is 1. The highest BCUT2D eigenvalue weighted by Gasteiger charge is 2.42. The molecule has 1 unspecified atom stereocenters. The molecular formula is C30H30N6O5S2. The molecule has 1 atom stereocenters. The minimum Gasteiger partial charge on any atom is -0.497 e. The van der Waals surface area contributed by atoms with E-state index in [0.717, 1.165) is 5.75 Å². The first-order valence-corrected chi connectivity index (χ1v) is 15.4. The highest BCUT2D eigenvalue weighted by atomic mass is 32.2. The van der Waals surface area contributed by atoms with Gasteiger partial charge in [0.25, 0.3) is 0 Å². The third-order valence-electron chi connectivity index (χ3n) is 7.03. The average molecular weight is 619 g/mol. The lowest BCUT2D eigenvalue weighted by Crippen LogP contribution is -2.38. The molecule has 0 radical (unpaired) electrons. The van der Waals surface area contributed by atoms with Gasteiger partial charge >= 0.3 is 0 Å². The number of thioether (sulfide) groups is 1. The van der Waals surface area contributed by atoms with E-state index in [1.807, 2.05) is 6.92 Å². The second-order valence-corrected chi connectivity index (χ2v) is 11.7. The number of carbonyl (C=O) groups excluding carboxylic acids is 2. The van der Waals surface area contributed by atoms with E-state index < -0.39 is 5.92 Å². The summed E-state index contributed by atoms with van der Waals surface area (Å²) in [5.41, 5.74) is 9.39. The maximum Gasteiger partial charge on any atom is 0.234 e. The molecule has 2 aliphatic rings. The minimum atomic E-state index is -0.696. The van der Waals surface area contributed by atoms with Crippen molar-refractivity contribution in [2.24, 2.45) is 5.73 Å². The van der Waals surface area contributed by atoms with Crippen molar-refractivity contribution in [3.8, 4) is 23.3 Å². The molecule has 1 aromatic heterocycles. The predicted octanol–water partition coefficient (Wildman–Crippen LogP) is 4.99. The molecule has 3 aromatic rings. The van der Waals surface area contributed by atoms with Gasteiger partial charge in [0.15, 0.2) is 10.1 Å². The zero-order chi connectivity index (χ0) is 30.5. The van der Waals surface area contributed by atoms with Gasteiger partial charge in [-0.15, -0.1) is 10.2 Å². The molecule has 5 rings (SSSR count). The molecule has 1 aliphatic heterocycles. The van der Waals surface area contributed by atoms with E-state index in [4.69, 9.17) is 19.9 Å². The maximum absolute atomic E-state index is 13.5. The number of allylic oxidation sites excluding steroid dienone is 3. The number of rotatable bonds is 10. The third kappa shape index (κ3) is 6.16. The number of Topliss-reactive ketones (excluding diaryl/α,β-unsaturated/α-hetero) is 1. The molecule has 2 heterocycles. The zero-order valence-electron chi connectivity index (χ0n) is 23.9. The summed E-state index contributed by atoms with van der Waals surface area (Å²) < 4.78 is 17.0. The number of methoxy groups -OCH3 is 2. The van der Waals surface area contributed by atoms with E-state index in [1.165, 1.54) is 30.2 Å². The molecule has 0 spiro atoms. The largest absolute Gasteiger partial charge is 0.497 e. The Labute approximate surface area is 257 Å². The van der Waals surface area contributed by atoms with E-state index in [0.29, 0.717) is 69.4 Å². The Morgan fingerprint density at radius 1 is 1.16 bits per heavy atom. The van der Waals surface area contributed by atoms with E-state index in [2.05, 4.69) is 21.6 Å². The Kier molecular flexibility index (Phi) is 9.18. The number of anilines is 2. The molecule has 1 aliphatic carbocycles. The van der Waals surface area contributed by atoms with Crippen LogP contribution >= 0.6 is 23.1 Å². The summed E-state index contributed by atoms with van der Waals surface area (Å²) in [5.74, 6) is 1.15. The number of ether oxygens (including phenoxy) is 3. The van der Waals surface area contributed by atoms with Crippen molar-refractivity contribution < 1.29 is 23.8 Å². The number of benzene rings is 2. The number of hydrogen-bond acceptors (Lipinski definition) is 12. The number of carbonyl (C=O) groups is 2. The first-order chi connectivity index (χ1) is 20.9. The number of ketones is 1. The Morgan fingerprint density at radius 3 is 2.63 bits per heavy atom. The fourth-order valence-corrected chi connectivity index (χ4v) is 6.83. The highest BCUT2D eigenvalue weighted by molar-refractivity contribution is 8.01. The monoisotopic (exact) mass is 618 g/mol. The zero-order valence-corrected chi connectivity index (χ0v) is 25.5. The highest BCUT2D eigenvalue weighted by Crippen LogP contribution is 2.49. The van der Waals surface area contributed by atoms with Gasteiger partial charge in [0.2, 0.25) is 11.0 Å². The Bertz CT molecular complexity index is 1640. The molecule has 2 aromatic carbocycles. The van der Waals surface area contributed by atoms with Crippen molar-refractivity contribution >= 4 is 45.6 Å². The summed E-state index contributed by atoms with van der Waals surface area (Å²) in [6.45, 7) is 2.47. The van der Waals surface area contributed by atoms with Gasteiger partial charge in [-0.25, -0.2) is 0 Å². The van der Waals surface area contributed by atoms with E-state index in [9.17, 15) is 14.9 Å². The van der Waals surface area contributed by atoms with Gasteiger partial charge < -0.3 is 25.3 Å². The van der Waals surface area contributed by atoms with Crippen LogP contribution in [0.15, 0.2) is 69.5 Å². The quantitative estimate of drug-likeness (QED) is 0.296. The fraction of sp³-hybridized carbons (Fsp3) is 0.300. The van der Waals surface area contributed by atoms with Crippen molar-refractivity contribution in [1.29, 1.82) is 5.26 Å². The van der Waals surface area contributed by atoms with Crippen LogP contribution in [0.25, 0.3) is 0 Å². The Balaban J connectivity index is 1.40. The van der Waals surface area contributed by atoms with Crippen molar-refractivity contribution in [2.45, 2.75) is 36.4 Å². The summed E-state index contributed by atoms with van der Waals surface area (Å²) in [6.07, 6.45) is 1.57. The standard InChI is InChI=1S/C30H30N6O5S2/c1-4-41-18-10-8-17(9-11-18)33-25(38)16-42-30-35-34-29(43-30)36-22-6-5-7-23(37)27(22)26(21(15-31)28(36)32)20-13-12-19(39-2)14-24(20)40-3/h8-14,26H,4-7,16,32H2,1-3H3,(H,33,38). The molecule has 0 bridgehead atoms. The predicted molar refractivity (Wildman–Crippen MR) is 164 cm³/mol. The number of nitrogens with zero attached hydrogens (tertiary/aromatic N) is 4. The summed E-state index contributed by atoms with van der Waals surface area (Å²) >= 11 is 2.47. The smallest absolute Gasteiger partial charge is 0.234 e. The van der Waals surface area contributed by atoms with Crippen molar-refractivity contribution in [3.63, 3.8) is 0 Å². The van der Waals surface area contributed by atoms with Crippen LogP contribution < -0.4 is 30.2 Å². The van der Waals surface area contributed by atoms with Crippen molar-refractivity contribution in [3.05, 3.63) is 70.7 Å². The second-order valence-electron chi connectivity index (χ2n) is 9.57. The van der Waals surface area contributed by atoms with Gasteiger partial charge in [-0.2, -0.15) is 5.26 Å². The molecular weight excluding hydrogens is 589 g/mol. The molecule has 1 amide bonds. The number of hydrogen-bond donors (Lipinski definition) is 2. The lowest BCUT2D eigenvalue weighted by atomic mass is 9.75. The number of nitriles is 1. The number of aromatic nitrogens is 2. The van der Waals surface area contributed by atoms with E-state index in [-0.39, 0.29) is 28.8 Å². The lowest BCUT2D eigenvalue weighted by Gasteiger charge is -2.38. The Hall–Kier alpha value is -4.54. The van der Waals surface area contributed by atoms with Gasteiger partial charge in [0.1, 0.15) is 23.1 Å². The fourth-order valence-electron chi connectivity index (χ4n) is 5.15. The van der Waals surface area contributed by atoms with Gasteiger partial charge in [-0.3, -0.25) is 14.5 Å². The Morgan fingerprint density at radius 2 is 1.93 bits per heavy atom. The topological polar surface area (TPSA) is 153 Å². The minimum absolute atomic E-state index is 0.0561. The van der Waals surface area contributed by atoms with Crippen LogP contribution in [0.5, 0.6) is 17.2 Å². The van der Waals surface area contributed by atoms with Crippen molar-refractivity contribution in [2.75, 3.05) is 36.8 Å². The van der Waals surface area contributed by atoms with E-state index in [1.54, 1.807) is 54.5 Å². The SMILES string of the molecule is CCOc1ccc(NC(=O)CSc2nnc(N3C(N)=C(C#N)C(c4ccc(OC)cc4OC)C4=C3CCCC4=O)s2)cc1. The summed E-state index contributed by atoms with van der Waals surface area (Å²) in [6, 6.07) is 14.7. The molecule has 222 valence electrons. The number of nitrogens with one attached hydrogen (secondary N) is 1. The van der Waals surface area contributed by atoms with Crippen LogP contribution in [0, 0.1) is 11.3 Å².